The van der Waals surface area contributed by atoms with E-state index in [0.29, 0.717) is 33.2 Å². The highest BCUT2D eigenvalue weighted by molar-refractivity contribution is 6.37. The molecule has 0 aromatic heterocycles. The summed E-state index contributed by atoms with van der Waals surface area (Å²) < 4.78 is 5.10. The van der Waals surface area contributed by atoms with E-state index in [1.807, 2.05) is 4.90 Å². The molecule has 2 unspecified atom stereocenters. The molecule has 0 spiro atoms. The predicted molar refractivity (Wildman–Crippen MR) is 81.9 cm³/mol. The normalized spacial score (nSPS) is 22.8. The minimum Gasteiger partial charge on any atom is -0.494 e. The lowest BCUT2D eigenvalue weighted by Gasteiger charge is -2.35. The van der Waals surface area contributed by atoms with Crippen LogP contribution in [0, 0.1) is 11.8 Å². The molecular weight excluding hydrogens is 297 g/mol. The Bertz CT molecular complexity index is 486. The molecule has 1 saturated heterocycles. The Morgan fingerprint density at radius 1 is 1.20 bits per heavy atom. The maximum absolute atomic E-state index is 12.6. The van der Waals surface area contributed by atoms with Crippen molar-refractivity contribution in [3.8, 4) is 5.75 Å². The molecule has 1 aliphatic heterocycles. The first kappa shape index (κ1) is 15.5. The highest BCUT2D eigenvalue weighted by Gasteiger charge is 2.27. The number of hydrogen-bond donors (Lipinski definition) is 0. The smallest absolute Gasteiger partial charge is 0.253 e. The summed E-state index contributed by atoms with van der Waals surface area (Å²) in [5.74, 6) is 1.43. The largest absolute Gasteiger partial charge is 0.494 e. The lowest BCUT2D eigenvalue weighted by atomic mass is 9.91. The zero-order valence-corrected chi connectivity index (χ0v) is 13.5. The van der Waals surface area contributed by atoms with Crippen molar-refractivity contribution in [1.82, 2.24) is 4.90 Å². The van der Waals surface area contributed by atoms with Gasteiger partial charge in [0.15, 0.2) is 5.75 Å². The van der Waals surface area contributed by atoms with Crippen molar-refractivity contribution in [2.75, 3.05) is 20.2 Å². The van der Waals surface area contributed by atoms with Crippen LogP contribution in [0.1, 0.15) is 30.6 Å². The van der Waals surface area contributed by atoms with Gasteiger partial charge in [-0.05, 0) is 30.4 Å². The number of piperidine rings is 1. The number of ether oxygens (including phenoxy) is 1. The molecule has 1 amide bonds. The van der Waals surface area contributed by atoms with Gasteiger partial charge in [-0.25, -0.2) is 0 Å². The molecule has 0 saturated carbocycles. The fourth-order valence-electron chi connectivity index (χ4n) is 2.89. The van der Waals surface area contributed by atoms with Crippen molar-refractivity contribution in [3.63, 3.8) is 0 Å². The van der Waals surface area contributed by atoms with E-state index in [4.69, 9.17) is 27.9 Å². The molecule has 1 aromatic rings. The average Bonchev–Trinajstić information content (AvgIpc) is 2.36. The number of benzene rings is 1. The molecule has 2 rings (SSSR count). The molecule has 5 heteroatoms. The van der Waals surface area contributed by atoms with Gasteiger partial charge in [0.05, 0.1) is 17.2 Å². The SMILES string of the molecule is COc1c(Cl)cc(C(=O)N2CC(C)CC(C)C2)cc1Cl. The fraction of sp³-hybridized carbons (Fsp3) is 0.533. The van der Waals surface area contributed by atoms with Crippen LogP contribution >= 0.6 is 23.2 Å². The summed E-state index contributed by atoms with van der Waals surface area (Å²) in [6, 6.07) is 3.25. The molecule has 1 aliphatic rings. The molecule has 0 bridgehead atoms. The number of nitrogens with zero attached hydrogens (tertiary/aromatic N) is 1. The van der Waals surface area contributed by atoms with Crippen LogP contribution in [0.4, 0.5) is 0 Å². The fourth-order valence-corrected chi connectivity index (χ4v) is 3.53. The van der Waals surface area contributed by atoms with Crippen LogP contribution < -0.4 is 4.74 Å². The van der Waals surface area contributed by atoms with Crippen LogP contribution in [0.2, 0.25) is 10.0 Å². The second-order valence-corrected chi connectivity index (χ2v) is 6.44. The first-order chi connectivity index (χ1) is 9.42. The number of carbonyl (C=O) groups excluding carboxylic acids is 1. The van der Waals surface area contributed by atoms with Crippen LogP contribution in [0.25, 0.3) is 0 Å². The van der Waals surface area contributed by atoms with Gasteiger partial charge in [-0.2, -0.15) is 0 Å². The monoisotopic (exact) mass is 315 g/mol. The van der Waals surface area contributed by atoms with Gasteiger partial charge in [0, 0.05) is 18.7 Å². The quantitative estimate of drug-likeness (QED) is 0.821. The molecule has 0 N–H and O–H groups in total. The maximum atomic E-state index is 12.6. The number of halogens is 2. The summed E-state index contributed by atoms with van der Waals surface area (Å²) in [6.07, 6.45) is 1.16. The predicted octanol–water partition coefficient (Wildman–Crippen LogP) is 4.12. The number of hydrogen-bond acceptors (Lipinski definition) is 2. The Balaban J connectivity index is 2.25. The van der Waals surface area contributed by atoms with Gasteiger partial charge >= 0.3 is 0 Å². The molecule has 0 radical (unpaired) electrons. The number of carbonyl (C=O) groups is 1. The van der Waals surface area contributed by atoms with Gasteiger partial charge in [-0.15, -0.1) is 0 Å². The third-order valence-corrected chi connectivity index (χ3v) is 4.17. The van der Waals surface area contributed by atoms with E-state index in [0.717, 1.165) is 19.5 Å². The first-order valence-corrected chi connectivity index (χ1v) is 7.50. The van der Waals surface area contributed by atoms with Crippen molar-refractivity contribution >= 4 is 29.1 Å². The van der Waals surface area contributed by atoms with E-state index in [1.165, 1.54) is 7.11 Å². The molecule has 110 valence electrons. The van der Waals surface area contributed by atoms with E-state index >= 15 is 0 Å². The second-order valence-electron chi connectivity index (χ2n) is 5.63. The Kier molecular flexibility index (Phi) is 4.82. The highest BCUT2D eigenvalue weighted by atomic mass is 35.5. The summed E-state index contributed by atoms with van der Waals surface area (Å²) in [7, 11) is 1.50. The van der Waals surface area contributed by atoms with Gasteiger partial charge < -0.3 is 9.64 Å². The Labute approximate surface area is 129 Å². The number of likely N-dealkylation sites (tertiary alicyclic amines) is 1. The minimum absolute atomic E-state index is 0.0187. The Morgan fingerprint density at radius 2 is 1.70 bits per heavy atom. The zero-order chi connectivity index (χ0) is 14.9. The van der Waals surface area contributed by atoms with Crippen LogP contribution in [-0.2, 0) is 0 Å². The van der Waals surface area contributed by atoms with Gasteiger partial charge in [0.2, 0.25) is 0 Å². The van der Waals surface area contributed by atoms with Crippen molar-refractivity contribution < 1.29 is 9.53 Å². The molecule has 1 aromatic carbocycles. The number of rotatable bonds is 2. The number of methoxy groups -OCH3 is 1. The van der Waals surface area contributed by atoms with Crippen LogP contribution in [-0.4, -0.2) is 31.0 Å². The van der Waals surface area contributed by atoms with Gasteiger partial charge in [-0.1, -0.05) is 37.0 Å². The van der Waals surface area contributed by atoms with E-state index < -0.39 is 0 Å². The summed E-state index contributed by atoms with van der Waals surface area (Å²) in [6.45, 7) is 5.91. The molecule has 2 atom stereocenters. The van der Waals surface area contributed by atoms with Crippen LogP contribution in [0.5, 0.6) is 5.75 Å². The topological polar surface area (TPSA) is 29.5 Å². The van der Waals surface area contributed by atoms with Crippen molar-refractivity contribution in [3.05, 3.63) is 27.7 Å². The standard InChI is InChI=1S/C15H19Cl2NO2/c1-9-4-10(2)8-18(7-9)15(19)11-5-12(16)14(20-3)13(17)6-11/h5-6,9-10H,4,7-8H2,1-3H3. The second kappa shape index (κ2) is 6.23. The maximum Gasteiger partial charge on any atom is 0.253 e. The van der Waals surface area contributed by atoms with Crippen molar-refractivity contribution in [2.24, 2.45) is 11.8 Å². The molecular formula is C15H19Cl2NO2. The van der Waals surface area contributed by atoms with Gasteiger partial charge in [0.1, 0.15) is 0 Å². The summed E-state index contributed by atoms with van der Waals surface area (Å²) >= 11 is 12.2. The minimum atomic E-state index is -0.0187. The van der Waals surface area contributed by atoms with E-state index in [2.05, 4.69) is 13.8 Å². The zero-order valence-electron chi connectivity index (χ0n) is 12.0. The van der Waals surface area contributed by atoms with E-state index in [-0.39, 0.29) is 5.91 Å². The summed E-state index contributed by atoms with van der Waals surface area (Å²) in [5, 5.41) is 0.725. The third-order valence-electron chi connectivity index (χ3n) is 3.61. The van der Waals surface area contributed by atoms with Crippen LogP contribution in [0.15, 0.2) is 12.1 Å². The van der Waals surface area contributed by atoms with Crippen molar-refractivity contribution in [2.45, 2.75) is 20.3 Å². The average molecular weight is 316 g/mol. The molecule has 1 heterocycles. The molecule has 0 aliphatic carbocycles. The van der Waals surface area contributed by atoms with E-state index in [1.54, 1.807) is 12.1 Å². The number of amides is 1. The molecule has 1 fully saturated rings. The Morgan fingerprint density at radius 3 is 2.15 bits per heavy atom. The Hall–Kier alpha value is -0.930. The third kappa shape index (κ3) is 3.21. The van der Waals surface area contributed by atoms with E-state index in [9.17, 15) is 4.79 Å². The highest BCUT2D eigenvalue weighted by Crippen LogP contribution is 2.34. The van der Waals surface area contributed by atoms with Crippen molar-refractivity contribution in [1.29, 1.82) is 0 Å². The first-order valence-electron chi connectivity index (χ1n) is 6.74. The lowest BCUT2D eigenvalue weighted by Crippen LogP contribution is -2.42. The van der Waals surface area contributed by atoms with Gasteiger partial charge in [-0.3, -0.25) is 4.79 Å². The molecule has 20 heavy (non-hydrogen) atoms. The van der Waals surface area contributed by atoms with Crippen LogP contribution in [0.3, 0.4) is 0 Å². The lowest BCUT2D eigenvalue weighted by molar-refractivity contribution is 0.0623. The summed E-state index contributed by atoms with van der Waals surface area (Å²) in [4.78, 5) is 14.4. The molecule has 3 nitrogen and oxygen atoms in total. The van der Waals surface area contributed by atoms with Gasteiger partial charge in [0.25, 0.3) is 5.91 Å². The summed E-state index contributed by atoms with van der Waals surface area (Å²) in [5.41, 5.74) is 0.516.